The van der Waals surface area contributed by atoms with Crippen LogP contribution < -0.4 is 11.5 Å². The normalized spacial score (nSPS) is 12.0. The van der Waals surface area contributed by atoms with E-state index in [-0.39, 0.29) is 18.4 Å². The Labute approximate surface area is 102 Å². The van der Waals surface area contributed by atoms with Crippen LogP contribution >= 0.6 is 24.0 Å². The van der Waals surface area contributed by atoms with Crippen molar-refractivity contribution in [2.75, 3.05) is 6.54 Å². The molecule has 0 aliphatic carbocycles. The molecule has 0 fully saturated rings. The second-order valence-corrected chi connectivity index (χ2v) is 3.95. The van der Waals surface area contributed by atoms with Crippen LogP contribution in [-0.4, -0.2) is 6.54 Å². The Kier molecular flexibility index (Phi) is 6.94. The van der Waals surface area contributed by atoms with Gasteiger partial charge in [0.2, 0.25) is 0 Å². The zero-order valence-corrected chi connectivity index (χ0v) is 10.4. The van der Waals surface area contributed by atoms with Crippen molar-refractivity contribution in [3.8, 4) is 0 Å². The van der Waals surface area contributed by atoms with Crippen molar-refractivity contribution in [3.63, 3.8) is 0 Å². The maximum atomic E-state index is 6.00. The SMILES string of the molecule is Cc1cc([C@@H](N)CCCN)ccc1Cl.Cl. The van der Waals surface area contributed by atoms with Gasteiger partial charge in [-0.25, -0.2) is 0 Å². The second kappa shape index (κ2) is 7.07. The van der Waals surface area contributed by atoms with E-state index in [2.05, 4.69) is 0 Å². The van der Waals surface area contributed by atoms with Crippen LogP contribution in [0.5, 0.6) is 0 Å². The Morgan fingerprint density at radius 1 is 1.40 bits per heavy atom. The number of rotatable bonds is 4. The number of hydrogen-bond acceptors (Lipinski definition) is 2. The summed E-state index contributed by atoms with van der Waals surface area (Å²) in [5.41, 5.74) is 13.6. The molecule has 0 unspecified atom stereocenters. The summed E-state index contributed by atoms with van der Waals surface area (Å²) >= 11 is 5.93. The highest BCUT2D eigenvalue weighted by molar-refractivity contribution is 6.31. The highest BCUT2D eigenvalue weighted by Crippen LogP contribution is 2.21. The summed E-state index contributed by atoms with van der Waals surface area (Å²) in [6.07, 6.45) is 1.89. The first-order valence-electron chi connectivity index (χ1n) is 4.87. The molecule has 1 aromatic rings. The van der Waals surface area contributed by atoms with Gasteiger partial charge in [-0.2, -0.15) is 0 Å². The lowest BCUT2D eigenvalue weighted by atomic mass is 10.0. The molecule has 4 heteroatoms. The van der Waals surface area contributed by atoms with Crippen molar-refractivity contribution < 1.29 is 0 Å². The Balaban J connectivity index is 0.00000196. The number of aryl methyl sites for hydroxylation is 1. The van der Waals surface area contributed by atoms with Gasteiger partial charge in [-0.1, -0.05) is 23.7 Å². The van der Waals surface area contributed by atoms with Gasteiger partial charge in [-0.3, -0.25) is 0 Å². The average Bonchev–Trinajstić information content (AvgIpc) is 2.18. The van der Waals surface area contributed by atoms with Gasteiger partial charge < -0.3 is 11.5 Å². The van der Waals surface area contributed by atoms with E-state index in [9.17, 15) is 0 Å². The zero-order chi connectivity index (χ0) is 10.6. The predicted octanol–water partition coefficient (Wildman–Crippen LogP) is 2.81. The zero-order valence-electron chi connectivity index (χ0n) is 8.87. The molecule has 0 bridgehead atoms. The molecule has 0 radical (unpaired) electrons. The molecular weight excluding hydrogens is 231 g/mol. The maximum Gasteiger partial charge on any atom is 0.0435 e. The molecule has 1 aromatic carbocycles. The highest BCUT2D eigenvalue weighted by atomic mass is 35.5. The summed E-state index contributed by atoms with van der Waals surface area (Å²) in [5, 5.41) is 0.791. The molecule has 0 heterocycles. The van der Waals surface area contributed by atoms with E-state index in [1.54, 1.807) is 0 Å². The monoisotopic (exact) mass is 248 g/mol. The molecule has 86 valence electrons. The standard InChI is InChI=1S/C11H17ClN2.ClH/c1-8-7-9(4-5-10(8)12)11(14)3-2-6-13;/h4-5,7,11H,2-3,6,13-14H2,1H3;1H/t11-;/m0./s1. The first-order valence-corrected chi connectivity index (χ1v) is 5.24. The molecule has 1 rings (SSSR count). The first-order chi connectivity index (χ1) is 6.65. The minimum Gasteiger partial charge on any atom is -0.330 e. The molecule has 0 aliphatic heterocycles. The van der Waals surface area contributed by atoms with Gasteiger partial charge in [0.25, 0.3) is 0 Å². The quantitative estimate of drug-likeness (QED) is 0.862. The summed E-state index contributed by atoms with van der Waals surface area (Å²) in [7, 11) is 0. The number of benzene rings is 1. The van der Waals surface area contributed by atoms with Crippen LogP contribution in [0.25, 0.3) is 0 Å². The Hall–Kier alpha value is -0.280. The number of hydrogen-bond donors (Lipinski definition) is 2. The third-order valence-electron chi connectivity index (χ3n) is 2.33. The van der Waals surface area contributed by atoms with Crippen molar-refractivity contribution in [3.05, 3.63) is 34.3 Å². The van der Waals surface area contributed by atoms with E-state index in [1.807, 2.05) is 25.1 Å². The van der Waals surface area contributed by atoms with Crippen molar-refractivity contribution in [2.45, 2.75) is 25.8 Å². The topological polar surface area (TPSA) is 52.0 Å². The van der Waals surface area contributed by atoms with E-state index in [4.69, 9.17) is 23.1 Å². The fraction of sp³-hybridized carbons (Fsp3) is 0.455. The van der Waals surface area contributed by atoms with Crippen LogP contribution in [0.1, 0.15) is 30.0 Å². The minimum atomic E-state index is 0. The average molecular weight is 249 g/mol. The molecule has 0 aromatic heterocycles. The van der Waals surface area contributed by atoms with E-state index >= 15 is 0 Å². The summed E-state index contributed by atoms with van der Waals surface area (Å²) in [6.45, 7) is 2.68. The summed E-state index contributed by atoms with van der Waals surface area (Å²) in [6, 6.07) is 6.00. The lowest BCUT2D eigenvalue weighted by Gasteiger charge is -2.12. The van der Waals surface area contributed by atoms with Gasteiger partial charge >= 0.3 is 0 Å². The van der Waals surface area contributed by atoms with Crippen LogP contribution in [-0.2, 0) is 0 Å². The first kappa shape index (κ1) is 14.7. The van der Waals surface area contributed by atoms with Gasteiger partial charge in [-0.05, 0) is 43.5 Å². The molecule has 0 aliphatic rings. The van der Waals surface area contributed by atoms with E-state index in [0.29, 0.717) is 6.54 Å². The third-order valence-corrected chi connectivity index (χ3v) is 2.75. The van der Waals surface area contributed by atoms with Gasteiger partial charge in [0.15, 0.2) is 0 Å². The lowest BCUT2D eigenvalue weighted by molar-refractivity contribution is 0.617. The number of halogens is 2. The molecular formula is C11H18Cl2N2. The second-order valence-electron chi connectivity index (χ2n) is 3.55. The van der Waals surface area contributed by atoms with E-state index < -0.39 is 0 Å². The molecule has 0 spiro atoms. The predicted molar refractivity (Wildman–Crippen MR) is 68.7 cm³/mol. The molecule has 1 atom stereocenters. The Morgan fingerprint density at radius 2 is 2.07 bits per heavy atom. The molecule has 0 saturated carbocycles. The summed E-state index contributed by atoms with van der Waals surface area (Å²) in [4.78, 5) is 0. The fourth-order valence-electron chi connectivity index (χ4n) is 1.40. The number of nitrogens with two attached hydrogens (primary N) is 2. The summed E-state index contributed by atoms with van der Waals surface area (Å²) < 4.78 is 0. The minimum absolute atomic E-state index is 0. The van der Waals surface area contributed by atoms with Crippen molar-refractivity contribution in [1.82, 2.24) is 0 Å². The van der Waals surface area contributed by atoms with Crippen LogP contribution in [0.15, 0.2) is 18.2 Å². The van der Waals surface area contributed by atoms with Crippen molar-refractivity contribution in [2.24, 2.45) is 11.5 Å². The van der Waals surface area contributed by atoms with E-state index in [0.717, 1.165) is 29.0 Å². The lowest BCUT2D eigenvalue weighted by Crippen LogP contribution is -2.12. The van der Waals surface area contributed by atoms with Crippen LogP contribution in [0.2, 0.25) is 5.02 Å². The third kappa shape index (κ3) is 4.39. The molecule has 0 saturated heterocycles. The molecule has 0 amide bonds. The van der Waals surface area contributed by atoms with Gasteiger partial charge in [0.1, 0.15) is 0 Å². The van der Waals surface area contributed by atoms with Crippen molar-refractivity contribution >= 4 is 24.0 Å². The van der Waals surface area contributed by atoms with Gasteiger partial charge in [0.05, 0.1) is 0 Å². The Bertz CT molecular complexity index is 303. The fourth-order valence-corrected chi connectivity index (χ4v) is 1.52. The van der Waals surface area contributed by atoms with Crippen LogP contribution in [0.4, 0.5) is 0 Å². The van der Waals surface area contributed by atoms with Gasteiger partial charge in [0, 0.05) is 11.1 Å². The molecule has 4 N–H and O–H groups in total. The van der Waals surface area contributed by atoms with Crippen LogP contribution in [0, 0.1) is 6.92 Å². The Morgan fingerprint density at radius 3 is 2.60 bits per heavy atom. The van der Waals surface area contributed by atoms with E-state index in [1.165, 1.54) is 0 Å². The van der Waals surface area contributed by atoms with Crippen LogP contribution in [0.3, 0.4) is 0 Å². The summed E-state index contributed by atoms with van der Waals surface area (Å²) in [5.74, 6) is 0. The maximum absolute atomic E-state index is 6.00. The van der Waals surface area contributed by atoms with Gasteiger partial charge in [-0.15, -0.1) is 12.4 Å². The smallest absolute Gasteiger partial charge is 0.0435 e. The molecule has 2 nitrogen and oxygen atoms in total. The molecule has 15 heavy (non-hydrogen) atoms. The highest BCUT2D eigenvalue weighted by Gasteiger charge is 2.06. The largest absolute Gasteiger partial charge is 0.330 e. The van der Waals surface area contributed by atoms with Crippen molar-refractivity contribution in [1.29, 1.82) is 0 Å².